The van der Waals surface area contributed by atoms with Gasteiger partial charge in [-0.15, -0.1) is 0 Å². The van der Waals surface area contributed by atoms with Gasteiger partial charge in [0.2, 0.25) is 0 Å². The number of hydrogen-bond donors (Lipinski definition) is 1. The van der Waals surface area contributed by atoms with Gasteiger partial charge in [-0.3, -0.25) is 4.90 Å². The summed E-state index contributed by atoms with van der Waals surface area (Å²) in [4.78, 5) is 6.18. The molecule has 0 saturated carbocycles. The van der Waals surface area contributed by atoms with E-state index in [0.717, 1.165) is 6.54 Å². The Morgan fingerprint density at radius 3 is 2.47 bits per heavy atom. The van der Waals surface area contributed by atoms with E-state index in [4.69, 9.17) is 10.5 Å². The summed E-state index contributed by atoms with van der Waals surface area (Å²) in [6.45, 7) is 9.83. The van der Waals surface area contributed by atoms with E-state index in [-0.39, 0.29) is 12.4 Å². The molecular weight excluding hydrogens is 245 g/mol. The number of hydrogen-bond acceptors (Lipinski definition) is 4. The third kappa shape index (κ3) is 4.44. The van der Waals surface area contributed by atoms with Crippen LogP contribution >= 0.6 is 0 Å². The van der Waals surface area contributed by atoms with Gasteiger partial charge in [0.25, 0.3) is 5.88 Å². The van der Waals surface area contributed by atoms with Crippen LogP contribution in [0.4, 0.5) is 4.39 Å². The van der Waals surface area contributed by atoms with E-state index in [9.17, 15) is 4.39 Å². The Morgan fingerprint density at radius 2 is 1.95 bits per heavy atom. The van der Waals surface area contributed by atoms with Gasteiger partial charge in [0.1, 0.15) is 6.61 Å². The van der Waals surface area contributed by atoms with Gasteiger partial charge in [-0.1, -0.05) is 0 Å². The van der Waals surface area contributed by atoms with Gasteiger partial charge in [0.05, 0.1) is 0 Å². The van der Waals surface area contributed by atoms with Crippen molar-refractivity contribution in [3.63, 3.8) is 0 Å². The fraction of sp³-hybridized carbons (Fsp3) is 0.643. The van der Waals surface area contributed by atoms with Crippen LogP contribution in [0.15, 0.2) is 12.3 Å². The summed E-state index contributed by atoms with van der Waals surface area (Å²) in [5.74, 6) is -0.416. The molecule has 2 N–H and O–H groups in total. The van der Waals surface area contributed by atoms with Crippen molar-refractivity contribution in [2.45, 2.75) is 46.3 Å². The smallest absolute Gasteiger partial charge is 0.250 e. The second kappa shape index (κ2) is 7.40. The lowest BCUT2D eigenvalue weighted by atomic mass is 10.2. The molecule has 5 heteroatoms. The first kappa shape index (κ1) is 15.9. The molecule has 0 radical (unpaired) electrons. The predicted molar refractivity (Wildman–Crippen MR) is 74.6 cm³/mol. The van der Waals surface area contributed by atoms with Crippen molar-refractivity contribution < 1.29 is 9.13 Å². The highest BCUT2D eigenvalue weighted by Crippen LogP contribution is 2.17. The van der Waals surface area contributed by atoms with Gasteiger partial charge in [-0.2, -0.15) is 0 Å². The number of ether oxygens (including phenoxy) is 1. The molecule has 0 aliphatic heterocycles. The summed E-state index contributed by atoms with van der Waals surface area (Å²) in [6, 6.07) is 2.42. The standard InChI is InChI=1S/C14H24FN3O/c1-10(2)18(11(3)4)7-8-19-14-13(15)12(9-16)5-6-17-14/h5-6,10-11H,7-9,16H2,1-4H3. The number of halogens is 1. The van der Waals surface area contributed by atoms with Gasteiger partial charge >= 0.3 is 0 Å². The van der Waals surface area contributed by atoms with Gasteiger partial charge in [-0.25, -0.2) is 9.37 Å². The molecule has 1 rings (SSSR count). The van der Waals surface area contributed by atoms with Crippen LogP contribution in [0, 0.1) is 5.82 Å². The monoisotopic (exact) mass is 269 g/mol. The summed E-state index contributed by atoms with van der Waals surface area (Å²) >= 11 is 0. The summed E-state index contributed by atoms with van der Waals surface area (Å²) in [7, 11) is 0. The predicted octanol–water partition coefficient (Wildman–Crippen LogP) is 2.18. The molecule has 0 atom stereocenters. The molecule has 1 heterocycles. The Hall–Kier alpha value is -1.20. The van der Waals surface area contributed by atoms with Gasteiger partial charge in [0, 0.05) is 36.9 Å². The Balaban J connectivity index is 2.58. The second-order valence-corrected chi connectivity index (χ2v) is 5.07. The Labute approximate surface area is 114 Å². The average Bonchev–Trinajstić information content (AvgIpc) is 2.35. The first-order valence-corrected chi connectivity index (χ1v) is 6.69. The molecule has 1 aromatic heterocycles. The highest BCUT2D eigenvalue weighted by Gasteiger charge is 2.14. The average molecular weight is 269 g/mol. The van der Waals surface area contributed by atoms with Gasteiger partial charge in [0.15, 0.2) is 5.82 Å². The van der Waals surface area contributed by atoms with E-state index in [1.807, 2.05) is 0 Å². The minimum atomic E-state index is -0.453. The minimum Gasteiger partial charge on any atom is -0.474 e. The van der Waals surface area contributed by atoms with Crippen molar-refractivity contribution in [3.05, 3.63) is 23.6 Å². The number of nitrogens with two attached hydrogens (primary N) is 1. The lowest BCUT2D eigenvalue weighted by Crippen LogP contribution is -2.39. The van der Waals surface area contributed by atoms with E-state index < -0.39 is 5.82 Å². The number of rotatable bonds is 7. The SMILES string of the molecule is CC(C)N(CCOc1nccc(CN)c1F)C(C)C. The van der Waals surface area contributed by atoms with E-state index in [1.54, 1.807) is 6.07 Å². The summed E-state index contributed by atoms with van der Waals surface area (Å²) in [5.41, 5.74) is 5.87. The molecule has 0 aliphatic carbocycles. The normalized spacial score (nSPS) is 11.6. The molecule has 0 unspecified atom stereocenters. The molecule has 0 saturated heterocycles. The third-order valence-corrected chi connectivity index (χ3v) is 3.07. The van der Waals surface area contributed by atoms with E-state index >= 15 is 0 Å². The van der Waals surface area contributed by atoms with Crippen LogP contribution in [0.3, 0.4) is 0 Å². The second-order valence-electron chi connectivity index (χ2n) is 5.07. The highest BCUT2D eigenvalue weighted by molar-refractivity contribution is 5.23. The van der Waals surface area contributed by atoms with Crippen LogP contribution in [-0.2, 0) is 6.54 Å². The Morgan fingerprint density at radius 1 is 1.32 bits per heavy atom. The summed E-state index contributed by atoms with van der Waals surface area (Å²) < 4.78 is 19.3. The molecular formula is C14H24FN3O. The minimum absolute atomic E-state index is 0.0374. The van der Waals surface area contributed by atoms with Crippen molar-refractivity contribution in [2.75, 3.05) is 13.2 Å². The van der Waals surface area contributed by atoms with Crippen molar-refractivity contribution in [3.8, 4) is 5.88 Å². The van der Waals surface area contributed by atoms with Crippen LogP contribution in [-0.4, -0.2) is 35.1 Å². The van der Waals surface area contributed by atoms with E-state index in [2.05, 4.69) is 37.6 Å². The first-order valence-electron chi connectivity index (χ1n) is 6.69. The zero-order valence-corrected chi connectivity index (χ0v) is 12.2. The van der Waals surface area contributed by atoms with Gasteiger partial charge in [-0.05, 0) is 33.8 Å². The van der Waals surface area contributed by atoms with Crippen LogP contribution in [0.2, 0.25) is 0 Å². The molecule has 0 aliphatic rings. The molecule has 19 heavy (non-hydrogen) atoms. The van der Waals surface area contributed by atoms with Gasteiger partial charge < -0.3 is 10.5 Å². The first-order chi connectivity index (χ1) is 8.97. The zero-order valence-electron chi connectivity index (χ0n) is 12.2. The number of aromatic nitrogens is 1. The zero-order chi connectivity index (χ0) is 14.4. The van der Waals surface area contributed by atoms with Crippen molar-refractivity contribution in [2.24, 2.45) is 5.73 Å². The van der Waals surface area contributed by atoms with E-state index in [0.29, 0.717) is 24.3 Å². The van der Waals surface area contributed by atoms with Crippen LogP contribution in [0.25, 0.3) is 0 Å². The summed E-state index contributed by atoms with van der Waals surface area (Å²) in [6.07, 6.45) is 1.52. The Kier molecular flexibility index (Phi) is 6.18. The maximum atomic E-state index is 13.8. The fourth-order valence-corrected chi connectivity index (χ4v) is 2.08. The molecule has 0 bridgehead atoms. The molecule has 0 fully saturated rings. The molecule has 108 valence electrons. The van der Waals surface area contributed by atoms with Crippen molar-refractivity contribution >= 4 is 0 Å². The maximum absolute atomic E-state index is 13.8. The largest absolute Gasteiger partial charge is 0.474 e. The topological polar surface area (TPSA) is 51.4 Å². The quantitative estimate of drug-likeness (QED) is 0.824. The molecule has 0 spiro atoms. The molecule has 4 nitrogen and oxygen atoms in total. The highest BCUT2D eigenvalue weighted by atomic mass is 19.1. The molecule has 0 aromatic carbocycles. The van der Waals surface area contributed by atoms with Crippen LogP contribution in [0.5, 0.6) is 5.88 Å². The van der Waals surface area contributed by atoms with E-state index in [1.165, 1.54) is 6.20 Å². The third-order valence-electron chi connectivity index (χ3n) is 3.07. The van der Waals surface area contributed by atoms with Crippen LogP contribution in [0.1, 0.15) is 33.3 Å². The fourth-order valence-electron chi connectivity index (χ4n) is 2.08. The molecule has 1 aromatic rings. The van der Waals surface area contributed by atoms with Crippen molar-refractivity contribution in [1.29, 1.82) is 0 Å². The number of pyridine rings is 1. The maximum Gasteiger partial charge on any atom is 0.250 e. The summed E-state index contributed by atoms with van der Waals surface area (Å²) in [5, 5.41) is 0. The Bertz CT molecular complexity index is 388. The lowest BCUT2D eigenvalue weighted by molar-refractivity contribution is 0.138. The van der Waals surface area contributed by atoms with Crippen LogP contribution < -0.4 is 10.5 Å². The number of nitrogens with zero attached hydrogens (tertiary/aromatic N) is 2. The molecule has 0 amide bonds. The van der Waals surface area contributed by atoms with Crippen molar-refractivity contribution in [1.82, 2.24) is 9.88 Å². The lowest BCUT2D eigenvalue weighted by Gasteiger charge is -2.30.